The van der Waals surface area contributed by atoms with Crippen LogP contribution in [0.2, 0.25) is 0 Å². The monoisotopic (exact) mass is 360 g/mol. The summed E-state index contributed by atoms with van der Waals surface area (Å²) in [6.07, 6.45) is 5.85. The Bertz CT molecular complexity index is 672. The van der Waals surface area contributed by atoms with Gasteiger partial charge in [-0.05, 0) is 67.2 Å². The second-order valence-electron chi connectivity index (χ2n) is 8.89. The number of hydrogen-bond acceptors (Lipinski definition) is 5. The molecular weight excluding hydrogens is 336 g/mol. The molecule has 2 heterocycles. The van der Waals surface area contributed by atoms with Crippen LogP contribution in [-0.4, -0.2) is 17.7 Å². The molecule has 1 aliphatic heterocycles. The SMILES string of the molecule is CC1(C)OC(=O)C(C2(c3cccs3)C3CC4CC(C3)CC2C4)C(=O)O1. The third-order valence-electron chi connectivity index (χ3n) is 7.08. The summed E-state index contributed by atoms with van der Waals surface area (Å²) in [4.78, 5) is 27.2. The largest absolute Gasteiger partial charge is 0.422 e. The van der Waals surface area contributed by atoms with Gasteiger partial charge in [-0.25, -0.2) is 0 Å². The van der Waals surface area contributed by atoms with Crippen LogP contribution in [0.4, 0.5) is 0 Å². The van der Waals surface area contributed by atoms with E-state index in [9.17, 15) is 9.59 Å². The molecule has 6 rings (SSSR count). The summed E-state index contributed by atoms with van der Waals surface area (Å²) in [7, 11) is 0. The molecule has 1 aromatic heterocycles. The summed E-state index contributed by atoms with van der Waals surface area (Å²) in [6.45, 7) is 3.27. The molecular formula is C20H24O4S. The van der Waals surface area contributed by atoms with E-state index in [1.54, 1.807) is 25.2 Å². The number of carbonyl (C=O) groups is 2. The zero-order valence-electron chi connectivity index (χ0n) is 14.7. The predicted molar refractivity (Wildman–Crippen MR) is 92.8 cm³/mol. The molecule has 0 amide bonds. The molecule has 4 aliphatic carbocycles. The highest BCUT2D eigenvalue weighted by atomic mass is 32.1. The van der Waals surface area contributed by atoms with E-state index in [0.717, 1.165) is 37.5 Å². The van der Waals surface area contributed by atoms with Crippen LogP contribution in [0.5, 0.6) is 0 Å². The summed E-state index contributed by atoms with van der Waals surface area (Å²) in [6, 6.07) is 4.16. The number of thiophene rings is 1. The minimum absolute atomic E-state index is 0.383. The molecule has 0 unspecified atom stereocenters. The van der Waals surface area contributed by atoms with Gasteiger partial charge in [0.1, 0.15) is 0 Å². The highest BCUT2D eigenvalue weighted by Gasteiger charge is 2.67. The van der Waals surface area contributed by atoms with E-state index in [1.165, 1.54) is 11.3 Å². The number of esters is 2. The van der Waals surface area contributed by atoms with Crippen molar-refractivity contribution in [2.24, 2.45) is 29.6 Å². The summed E-state index contributed by atoms with van der Waals surface area (Å²) >= 11 is 1.68. The fraction of sp³-hybridized carbons (Fsp3) is 0.700. The van der Waals surface area contributed by atoms with Crippen LogP contribution < -0.4 is 0 Å². The highest BCUT2D eigenvalue weighted by Crippen LogP contribution is 2.66. The van der Waals surface area contributed by atoms with E-state index in [1.807, 2.05) is 6.07 Å². The molecule has 5 heteroatoms. The zero-order valence-corrected chi connectivity index (χ0v) is 15.5. The number of ether oxygens (including phenoxy) is 2. The van der Waals surface area contributed by atoms with Gasteiger partial charge < -0.3 is 9.47 Å². The average molecular weight is 360 g/mol. The molecule has 5 fully saturated rings. The van der Waals surface area contributed by atoms with Crippen LogP contribution in [-0.2, 0) is 24.5 Å². The van der Waals surface area contributed by atoms with Crippen LogP contribution in [0.1, 0.15) is 50.8 Å². The maximum Gasteiger partial charge on any atom is 0.324 e. The van der Waals surface area contributed by atoms with Crippen LogP contribution in [0.15, 0.2) is 17.5 Å². The zero-order chi connectivity index (χ0) is 17.4. The lowest BCUT2D eigenvalue weighted by Gasteiger charge is -2.62. The van der Waals surface area contributed by atoms with Crippen molar-refractivity contribution < 1.29 is 19.1 Å². The molecule has 0 N–H and O–H groups in total. The Morgan fingerprint density at radius 1 is 0.960 bits per heavy atom. The van der Waals surface area contributed by atoms with E-state index in [4.69, 9.17) is 9.47 Å². The average Bonchev–Trinajstić information content (AvgIpc) is 3.02. The van der Waals surface area contributed by atoms with Gasteiger partial charge in [0.05, 0.1) is 0 Å². The van der Waals surface area contributed by atoms with Gasteiger partial charge in [-0.1, -0.05) is 6.07 Å². The van der Waals surface area contributed by atoms with Crippen molar-refractivity contribution in [2.75, 3.05) is 0 Å². The van der Waals surface area contributed by atoms with Crippen LogP contribution >= 0.6 is 11.3 Å². The first-order valence-electron chi connectivity index (χ1n) is 9.40. The Morgan fingerprint density at radius 3 is 2.00 bits per heavy atom. The van der Waals surface area contributed by atoms with E-state index < -0.39 is 17.1 Å². The molecule has 0 atom stereocenters. The smallest absolute Gasteiger partial charge is 0.324 e. The second-order valence-corrected chi connectivity index (χ2v) is 9.84. The molecule has 1 aromatic rings. The Balaban J connectivity index is 1.66. The third kappa shape index (κ3) is 2.11. The molecule has 4 saturated carbocycles. The number of carbonyl (C=O) groups excluding carboxylic acids is 2. The molecule has 4 nitrogen and oxygen atoms in total. The van der Waals surface area contributed by atoms with Crippen LogP contribution in [0, 0.1) is 29.6 Å². The predicted octanol–water partition coefficient (Wildman–Crippen LogP) is 3.89. The fourth-order valence-electron chi connectivity index (χ4n) is 6.61. The van der Waals surface area contributed by atoms with Gasteiger partial charge in [0.25, 0.3) is 5.79 Å². The van der Waals surface area contributed by atoms with Gasteiger partial charge in [-0.15, -0.1) is 11.3 Å². The topological polar surface area (TPSA) is 52.6 Å². The molecule has 5 aliphatic rings. The minimum atomic E-state index is -1.16. The first-order valence-corrected chi connectivity index (χ1v) is 10.3. The summed E-state index contributed by atoms with van der Waals surface area (Å²) < 4.78 is 11.1. The Labute approximate surface area is 151 Å². The first kappa shape index (κ1) is 15.9. The number of cyclic esters (lactones) is 2. The van der Waals surface area contributed by atoms with Gasteiger partial charge in [-0.3, -0.25) is 9.59 Å². The molecule has 0 radical (unpaired) electrons. The molecule has 4 bridgehead atoms. The molecule has 1 saturated heterocycles. The standard InChI is InChI=1S/C20H24O4S/c1-19(2)23-17(21)16(18(22)24-19)20(15-4-3-5-25-15)13-7-11-6-12(9-13)10-14(20)8-11/h3-5,11-14,16H,6-10H2,1-2H3. The van der Waals surface area contributed by atoms with Crippen molar-refractivity contribution >= 4 is 23.3 Å². The van der Waals surface area contributed by atoms with Crippen LogP contribution in [0.3, 0.4) is 0 Å². The summed E-state index contributed by atoms with van der Waals surface area (Å²) in [5.41, 5.74) is -0.424. The Morgan fingerprint density at radius 2 is 1.52 bits per heavy atom. The maximum absolute atomic E-state index is 13.0. The van der Waals surface area contributed by atoms with Gasteiger partial charge in [0, 0.05) is 24.1 Å². The molecule has 25 heavy (non-hydrogen) atoms. The number of hydrogen-bond donors (Lipinski definition) is 0. The van der Waals surface area contributed by atoms with Crippen molar-refractivity contribution in [1.29, 1.82) is 0 Å². The van der Waals surface area contributed by atoms with E-state index in [-0.39, 0.29) is 11.9 Å². The normalized spacial score (nSPS) is 42.3. The van der Waals surface area contributed by atoms with Crippen molar-refractivity contribution in [3.05, 3.63) is 22.4 Å². The quantitative estimate of drug-likeness (QED) is 0.593. The van der Waals surface area contributed by atoms with Crippen LogP contribution in [0.25, 0.3) is 0 Å². The van der Waals surface area contributed by atoms with Gasteiger partial charge in [0.2, 0.25) is 0 Å². The third-order valence-corrected chi connectivity index (χ3v) is 8.12. The first-order chi connectivity index (χ1) is 11.9. The van der Waals surface area contributed by atoms with E-state index >= 15 is 0 Å². The van der Waals surface area contributed by atoms with Gasteiger partial charge in [-0.2, -0.15) is 0 Å². The van der Waals surface area contributed by atoms with Crippen molar-refractivity contribution in [2.45, 2.75) is 57.2 Å². The van der Waals surface area contributed by atoms with E-state index in [2.05, 4.69) is 11.4 Å². The van der Waals surface area contributed by atoms with Crippen molar-refractivity contribution in [1.82, 2.24) is 0 Å². The van der Waals surface area contributed by atoms with Crippen molar-refractivity contribution in [3.63, 3.8) is 0 Å². The summed E-state index contributed by atoms with van der Waals surface area (Å²) in [5.74, 6) is -0.445. The lowest BCUT2D eigenvalue weighted by molar-refractivity contribution is -0.250. The fourth-order valence-corrected chi connectivity index (χ4v) is 7.73. The highest BCUT2D eigenvalue weighted by molar-refractivity contribution is 7.10. The second kappa shape index (κ2) is 5.09. The van der Waals surface area contributed by atoms with E-state index in [0.29, 0.717) is 11.8 Å². The van der Waals surface area contributed by atoms with Gasteiger partial charge in [0.15, 0.2) is 5.92 Å². The Kier molecular flexibility index (Phi) is 3.23. The maximum atomic E-state index is 13.0. The summed E-state index contributed by atoms with van der Waals surface area (Å²) in [5, 5.41) is 2.06. The van der Waals surface area contributed by atoms with Crippen molar-refractivity contribution in [3.8, 4) is 0 Å². The Hall–Kier alpha value is -1.36. The molecule has 0 aromatic carbocycles. The lowest BCUT2D eigenvalue weighted by atomic mass is 9.42. The number of rotatable bonds is 2. The molecule has 0 spiro atoms. The molecule has 134 valence electrons. The lowest BCUT2D eigenvalue weighted by Crippen LogP contribution is -2.64. The van der Waals surface area contributed by atoms with Gasteiger partial charge >= 0.3 is 11.9 Å². The minimum Gasteiger partial charge on any atom is -0.422 e.